The summed E-state index contributed by atoms with van der Waals surface area (Å²) in [6.07, 6.45) is 2.49. The van der Waals surface area contributed by atoms with Gasteiger partial charge in [0.2, 0.25) is 0 Å². The van der Waals surface area contributed by atoms with Gasteiger partial charge in [-0.25, -0.2) is 9.67 Å². The molecule has 0 saturated heterocycles. The predicted molar refractivity (Wildman–Crippen MR) is 124 cm³/mol. The molecule has 1 N–H and O–H groups in total. The zero-order chi connectivity index (χ0) is 22.0. The largest absolute Gasteiger partial charge is 0.481 e. The number of benzene rings is 1. The van der Waals surface area contributed by atoms with Crippen molar-refractivity contribution in [2.75, 3.05) is 32.6 Å². The highest BCUT2D eigenvalue weighted by atomic mass is 32.1. The van der Waals surface area contributed by atoms with Crippen molar-refractivity contribution in [2.45, 2.75) is 26.4 Å². The molecule has 0 aliphatic heterocycles. The second-order valence-electron chi connectivity index (χ2n) is 7.56. The Morgan fingerprint density at radius 1 is 1.19 bits per heavy atom. The maximum absolute atomic E-state index is 6.51. The molecule has 4 aromatic rings. The lowest BCUT2D eigenvalue weighted by molar-refractivity contribution is 0.194. The normalized spacial score (nSPS) is 12.3. The van der Waals surface area contributed by atoms with Crippen LogP contribution in [0.2, 0.25) is 0 Å². The Labute approximate surface area is 185 Å². The maximum atomic E-state index is 6.51. The zero-order valence-corrected chi connectivity index (χ0v) is 19.3. The van der Waals surface area contributed by atoms with Crippen molar-refractivity contribution in [1.29, 1.82) is 0 Å². The van der Waals surface area contributed by atoms with Crippen LogP contribution in [0.15, 0.2) is 35.8 Å². The summed E-state index contributed by atoms with van der Waals surface area (Å²) in [5.41, 5.74) is 3.57. The Bertz CT molecular complexity index is 1170. The highest BCUT2D eigenvalue weighted by Crippen LogP contribution is 2.34. The fraction of sp³-hybridized carbons (Fsp3) is 0.364. The Kier molecular flexibility index (Phi) is 6.15. The van der Waals surface area contributed by atoms with Crippen LogP contribution in [0, 0.1) is 13.8 Å². The van der Waals surface area contributed by atoms with Crippen LogP contribution in [-0.4, -0.2) is 52.6 Å². The van der Waals surface area contributed by atoms with Crippen molar-refractivity contribution >= 4 is 28.1 Å². The molecule has 162 valence electrons. The second-order valence-corrected chi connectivity index (χ2v) is 8.49. The first-order valence-electron chi connectivity index (χ1n) is 10.2. The number of para-hydroxylation sites is 2. The van der Waals surface area contributed by atoms with E-state index in [-0.39, 0.29) is 6.10 Å². The summed E-state index contributed by atoms with van der Waals surface area (Å²) in [6, 6.07) is 7.98. The van der Waals surface area contributed by atoms with Gasteiger partial charge in [0.1, 0.15) is 22.0 Å². The minimum atomic E-state index is -0.138. The number of thiazole rings is 1. The summed E-state index contributed by atoms with van der Waals surface area (Å²) in [4.78, 5) is 6.42. The third kappa shape index (κ3) is 4.11. The van der Waals surface area contributed by atoms with Gasteiger partial charge in [-0.1, -0.05) is 12.1 Å². The van der Waals surface area contributed by atoms with E-state index in [0.29, 0.717) is 0 Å². The van der Waals surface area contributed by atoms with E-state index in [1.807, 2.05) is 73.5 Å². The number of aromatic nitrogens is 5. The molecular formula is C22H27N7OS. The Balaban J connectivity index is 1.80. The lowest BCUT2D eigenvalue weighted by Crippen LogP contribution is -2.17. The van der Waals surface area contributed by atoms with Crippen LogP contribution in [0.3, 0.4) is 0 Å². The van der Waals surface area contributed by atoms with Crippen molar-refractivity contribution < 1.29 is 4.74 Å². The number of ether oxygens (including phenoxy) is 1. The van der Waals surface area contributed by atoms with Gasteiger partial charge in [0.25, 0.3) is 0 Å². The fourth-order valence-corrected chi connectivity index (χ4v) is 4.33. The van der Waals surface area contributed by atoms with Crippen LogP contribution in [-0.2, 0) is 0 Å². The molecule has 0 fully saturated rings. The average molecular weight is 438 g/mol. The number of nitrogens with zero attached hydrogens (tertiary/aromatic N) is 6. The first-order chi connectivity index (χ1) is 15.0. The Hall–Kier alpha value is -3.04. The van der Waals surface area contributed by atoms with Gasteiger partial charge >= 0.3 is 0 Å². The van der Waals surface area contributed by atoms with Crippen LogP contribution in [0.4, 0.5) is 5.82 Å². The number of hydrogen-bond acceptors (Lipinski definition) is 8. The van der Waals surface area contributed by atoms with Gasteiger partial charge in [0.15, 0.2) is 11.9 Å². The lowest BCUT2D eigenvalue weighted by atomic mass is 10.2. The van der Waals surface area contributed by atoms with Crippen molar-refractivity contribution in [1.82, 2.24) is 30.3 Å². The number of aryl methyl sites for hydroxylation is 2. The summed E-state index contributed by atoms with van der Waals surface area (Å²) in [6.45, 7) is 4.85. The summed E-state index contributed by atoms with van der Waals surface area (Å²) >= 11 is 1.61. The molecule has 0 aliphatic rings. The molecule has 1 unspecified atom stereocenters. The van der Waals surface area contributed by atoms with E-state index in [1.165, 1.54) is 0 Å². The second kappa shape index (κ2) is 8.99. The zero-order valence-electron chi connectivity index (χ0n) is 18.5. The highest BCUT2D eigenvalue weighted by molar-refractivity contribution is 7.09. The molecular weight excluding hydrogens is 410 g/mol. The third-order valence-electron chi connectivity index (χ3n) is 5.15. The minimum Gasteiger partial charge on any atom is -0.481 e. The topological polar surface area (TPSA) is 81.0 Å². The summed E-state index contributed by atoms with van der Waals surface area (Å²) < 4.78 is 8.44. The van der Waals surface area contributed by atoms with Crippen LogP contribution in [0.1, 0.15) is 28.9 Å². The molecule has 3 heterocycles. The molecule has 0 radical (unpaired) electrons. The molecule has 9 heteroatoms. The number of anilines is 1. The van der Waals surface area contributed by atoms with Gasteiger partial charge in [-0.3, -0.25) is 0 Å². The first-order valence-corrected chi connectivity index (χ1v) is 11.1. The minimum absolute atomic E-state index is 0.138. The van der Waals surface area contributed by atoms with E-state index in [4.69, 9.17) is 9.84 Å². The van der Waals surface area contributed by atoms with E-state index in [9.17, 15) is 0 Å². The van der Waals surface area contributed by atoms with Crippen LogP contribution in [0.5, 0.6) is 5.75 Å². The van der Waals surface area contributed by atoms with Crippen molar-refractivity contribution in [3.8, 4) is 11.4 Å². The summed E-state index contributed by atoms with van der Waals surface area (Å²) in [5.74, 6) is 1.51. The third-order valence-corrected chi connectivity index (χ3v) is 6.02. The Morgan fingerprint density at radius 2 is 2.00 bits per heavy atom. The average Bonchev–Trinajstić information content (AvgIpc) is 3.40. The predicted octanol–water partition coefficient (Wildman–Crippen LogP) is 3.68. The highest BCUT2D eigenvalue weighted by Gasteiger charge is 2.22. The molecule has 3 aromatic heterocycles. The molecule has 0 amide bonds. The monoisotopic (exact) mass is 437 g/mol. The molecule has 31 heavy (non-hydrogen) atoms. The maximum Gasteiger partial charge on any atom is 0.179 e. The van der Waals surface area contributed by atoms with E-state index >= 15 is 0 Å². The van der Waals surface area contributed by atoms with Gasteiger partial charge in [-0.2, -0.15) is 10.2 Å². The van der Waals surface area contributed by atoms with E-state index in [2.05, 4.69) is 27.4 Å². The fourth-order valence-electron chi connectivity index (χ4n) is 3.63. The molecule has 1 aromatic carbocycles. The number of nitrogens with one attached hydrogen (secondary N) is 1. The number of fused-ring (bicyclic) bond motifs is 1. The van der Waals surface area contributed by atoms with Gasteiger partial charge in [0, 0.05) is 32.1 Å². The van der Waals surface area contributed by atoms with E-state index in [0.717, 1.165) is 57.5 Å². The number of hydrogen-bond donors (Lipinski definition) is 1. The SMILES string of the molecule is CNCCC(Oc1ccccc1-n1nc2c(N(C)C)nnc(C)c2c1C)c1nccs1. The van der Waals surface area contributed by atoms with Crippen molar-refractivity contribution in [3.05, 3.63) is 52.2 Å². The Morgan fingerprint density at radius 3 is 2.71 bits per heavy atom. The standard InChI is InChI=1S/C22H27N7OS/c1-14-19-15(2)29(27-20(19)21(26-25-14)28(4)5)16-8-6-7-9-17(16)30-18(10-11-23-3)22-24-12-13-31-22/h6-9,12-13,18,23H,10-11H2,1-5H3. The van der Waals surface area contributed by atoms with Crippen LogP contribution >= 0.6 is 11.3 Å². The van der Waals surface area contributed by atoms with Crippen LogP contribution < -0.4 is 15.0 Å². The molecule has 0 bridgehead atoms. The summed E-state index contributed by atoms with van der Waals surface area (Å²) in [7, 11) is 5.84. The molecule has 0 spiro atoms. The van der Waals surface area contributed by atoms with Gasteiger partial charge in [0.05, 0.1) is 16.8 Å². The van der Waals surface area contributed by atoms with Gasteiger partial charge < -0.3 is 15.0 Å². The molecule has 1 atom stereocenters. The van der Waals surface area contributed by atoms with Crippen molar-refractivity contribution in [2.24, 2.45) is 0 Å². The number of rotatable bonds is 8. The summed E-state index contributed by atoms with van der Waals surface area (Å²) in [5, 5.41) is 20.8. The van der Waals surface area contributed by atoms with Crippen molar-refractivity contribution in [3.63, 3.8) is 0 Å². The molecule has 4 rings (SSSR count). The molecule has 0 saturated carbocycles. The van der Waals surface area contributed by atoms with Gasteiger partial charge in [-0.15, -0.1) is 16.4 Å². The molecule has 0 aliphatic carbocycles. The van der Waals surface area contributed by atoms with Gasteiger partial charge in [-0.05, 0) is 39.6 Å². The smallest absolute Gasteiger partial charge is 0.179 e. The first kappa shape index (κ1) is 21.2. The van der Waals surface area contributed by atoms with E-state index in [1.54, 1.807) is 11.3 Å². The quantitative estimate of drug-likeness (QED) is 0.450. The van der Waals surface area contributed by atoms with Crippen LogP contribution in [0.25, 0.3) is 16.6 Å². The van der Waals surface area contributed by atoms with E-state index < -0.39 is 0 Å². The lowest BCUT2D eigenvalue weighted by Gasteiger charge is -2.19. The molecule has 8 nitrogen and oxygen atoms in total.